The predicted octanol–water partition coefficient (Wildman–Crippen LogP) is 1.20. The van der Waals surface area contributed by atoms with Gasteiger partial charge >= 0.3 is 0 Å². The van der Waals surface area contributed by atoms with E-state index in [9.17, 15) is 4.79 Å². The number of aromatic nitrogens is 4. The van der Waals surface area contributed by atoms with E-state index in [4.69, 9.17) is 16.3 Å². The number of carbonyl (C=O) groups is 1. The second-order valence-electron chi connectivity index (χ2n) is 4.89. The topological polar surface area (TPSA) is 73.1 Å². The van der Waals surface area contributed by atoms with E-state index >= 15 is 0 Å². The summed E-state index contributed by atoms with van der Waals surface area (Å²) in [7, 11) is 1.52. The highest BCUT2D eigenvalue weighted by Crippen LogP contribution is 2.23. The van der Waals surface area contributed by atoms with Gasteiger partial charge in [-0.15, -0.1) is 11.6 Å². The molecule has 0 aromatic carbocycles. The number of fused-ring (bicyclic) bond motifs is 1. The van der Waals surface area contributed by atoms with E-state index < -0.39 is 0 Å². The maximum atomic E-state index is 12.3. The molecule has 8 heteroatoms. The van der Waals surface area contributed by atoms with Gasteiger partial charge in [-0.05, 0) is 12.8 Å². The summed E-state index contributed by atoms with van der Waals surface area (Å²) in [5, 5.41) is 0. The molecule has 0 saturated carbocycles. The first-order valence-corrected chi connectivity index (χ1v) is 7.36. The van der Waals surface area contributed by atoms with Crippen molar-refractivity contribution in [1.29, 1.82) is 0 Å². The van der Waals surface area contributed by atoms with Crippen LogP contribution in [0.3, 0.4) is 0 Å². The second-order valence-corrected chi connectivity index (χ2v) is 5.16. The molecule has 1 aliphatic rings. The van der Waals surface area contributed by atoms with Crippen LogP contribution in [0.4, 0.5) is 0 Å². The largest absolute Gasteiger partial charge is 0.479 e. The number of ether oxygens (including phenoxy) is 1. The molecule has 112 valence electrons. The molecule has 3 heterocycles. The number of likely N-dealkylation sites (tertiary alicyclic amines) is 1. The van der Waals surface area contributed by atoms with Gasteiger partial charge in [-0.3, -0.25) is 4.79 Å². The van der Waals surface area contributed by atoms with Crippen LogP contribution in [-0.4, -0.2) is 50.5 Å². The summed E-state index contributed by atoms with van der Waals surface area (Å²) < 4.78 is 6.92. The van der Waals surface area contributed by atoms with E-state index in [1.54, 1.807) is 4.57 Å². The first-order valence-electron chi connectivity index (χ1n) is 6.82. The lowest BCUT2D eigenvalue weighted by Gasteiger charge is -2.16. The van der Waals surface area contributed by atoms with Gasteiger partial charge in [0, 0.05) is 13.1 Å². The van der Waals surface area contributed by atoms with Gasteiger partial charge < -0.3 is 14.2 Å². The lowest BCUT2D eigenvalue weighted by molar-refractivity contribution is -0.130. The Bertz CT molecular complexity index is 666. The highest BCUT2D eigenvalue weighted by Gasteiger charge is 2.22. The maximum Gasteiger partial charge on any atom is 0.245 e. The normalized spacial score (nSPS) is 14.9. The predicted molar refractivity (Wildman–Crippen MR) is 77.2 cm³/mol. The fourth-order valence-corrected chi connectivity index (χ4v) is 2.78. The molecule has 0 atom stereocenters. The summed E-state index contributed by atoms with van der Waals surface area (Å²) in [5.41, 5.74) is 1.11. The molecule has 0 radical (unpaired) electrons. The van der Waals surface area contributed by atoms with Gasteiger partial charge in [0.15, 0.2) is 11.2 Å². The molecule has 1 aliphatic heterocycles. The minimum atomic E-state index is 0.0655. The zero-order valence-electron chi connectivity index (χ0n) is 11.8. The highest BCUT2D eigenvalue weighted by atomic mass is 35.5. The lowest BCUT2D eigenvalue weighted by atomic mass is 10.4. The maximum absolute atomic E-state index is 12.3. The molecule has 0 spiro atoms. The summed E-state index contributed by atoms with van der Waals surface area (Å²) in [6.45, 7) is 1.83. The average molecular weight is 310 g/mol. The summed E-state index contributed by atoms with van der Waals surface area (Å²) in [4.78, 5) is 26.8. The molecule has 3 rings (SSSR count). The van der Waals surface area contributed by atoms with E-state index in [0.717, 1.165) is 25.9 Å². The molecule has 7 nitrogen and oxygen atoms in total. The lowest BCUT2D eigenvalue weighted by Crippen LogP contribution is -2.31. The van der Waals surface area contributed by atoms with Crippen LogP contribution >= 0.6 is 11.6 Å². The van der Waals surface area contributed by atoms with Gasteiger partial charge in [-0.25, -0.2) is 9.97 Å². The number of rotatable bonds is 4. The molecule has 0 bridgehead atoms. The number of nitrogens with zero attached hydrogens (tertiary/aromatic N) is 5. The Morgan fingerprint density at radius 3 is 2.81 bits per heavy atom. The standard InChI is InChI=1S/C13H16ClN5O2/c1-21-13-11-12(15-8-16-13)19(9(6-14)17-11)7-10(20)18-4-2-3-5-18/h8H,2-7H2,1H3. The molecule has 2 aromatic heterocycles. The SMILES string of the molecule is COc1ncnc2c1nc(CCl)n2CC(=O)N1CCCC1. The Morgan fingerprint density at radius 2 is 2.14 bits per heavy atom. The molecule has 0 aliphatic carbocycles. The van der Waals surface area contributed by atoms with Crippen LogP contribution in [0.5, 0.6) is 5.88 Å². The number of amides is 1. The third-order valence-corrected chi connectivity index (χ3v) is 3.88. The molecule has 2 aromatic rings. The van der Waals surface area contributed by atoms with Gasteiger partial charge in [-0.1, -0.05) is 0 Å². The Morgan fingerprint density at radius 1 is 1.38 bits per heavy atom. The van der Waals surface area contributed by atoms with Crippen LogP contribution < -0.4 is 4.74 Å². The Labute approximate surface area is 126 Å². The summed E-state index contributed by atoms with van der Waals surface area (Å²) >= 11 is 5.94. The van der Waals surface area contributed by atoms with Crippen molar-refractivity contribution < 1.29 is 9.53 Å². The zero-order chi connectivity index (χ0) is 14.8. The van der Waals surface area contributed by atoms with Gasteiger partial charge in [0.05, 0.1) is 13.0 Å². The van der Waals surface area contributed by atoms with E-state index in [0.29, 0.717) is 22.9 Å². The Hall–Kier alpha value is -1.89. The van der Waals surface area contributed by atoms with Crippen LogP contribution in [0.15, 0.2) is 6.33 Å². The molecule has 1 amide bonds. The van der Waals surface area contributed by atoms with E-state index in [2.05, 4.69) is 15.0 Å². The van der Waals surface area contributed by atoms with Crippen LogP contribution in [0.1, 0.15) is 18.7 Å². The number of halogens is 1. The molecule has 0 N–H and O–H groups in total. The smallest absolute Gasteiger partial charge is 0.245 e. The van der Waals surface area contributed by atoms with Crippen LogP contribution in [-0.2, 0) is 17.2 Å². The number of hydrogen-bond acceptors (Lipinski definition) is 5. The van der Waals surface area contributed by atoms with Crippen molar-refractivity contribution in [3.8, 4) is 5.88 Å². The number of methoxy groups -OCH3 is 1. The number of alkyl halides is 1. The fraction of sp³-hybridized carbons (Fsp3) is 0.538. The number of imidazole rings is 1. The van der Waals surface area contributed by atoms with Gasteiger partial charge in [-0.2, -0.15) is 4.98 Å². The Balaban J connectivity index is 1.98. The van der Waals surface area contributed by atoms with Crippen molar-refractivity contribution in [2.45, 2.75) is 25.3 Å². The van der Waals surface area contributed by atoms with Crippen molar-refractivity contribution in [2.24, 2.45) is 0 Å². The third-order valence-electron chi connectivity index (χ3n) is 3.64. The molecule has 0 unspecified atom stereocenters. The average Bonchev–Trinajstić information content (AvgIpc) is 3.14. The van der Waals surface area contributed by atoms with Crippen LogP contribution in [0.25, 0.3) is 11.2 Å². The van der Waals surface area contributed by atoms with Crippen LogP contribution in [0, 0.1) is 0 Å². The Kier molecular flexibility index (Phi) is 3.92. The van der Waals surface area contributed by atoms with E-state index in [1.165, 1.54) is 13.4 Å². The minimum absolute atomic E-state index is 0.0655. The zero-order valence-corrected chi connectivity index (χ0v) is 12.5. The number of hydrogen-bond donors (Lipinski definition) is 0. The molecular weight excluding hydrogens is 294 g/mol. The highest BCUT2D eigenvalue weighted by molar-refractivity contribution is 6.16. The van der Waals surface area contributed by atoms with Crippen molar-refractivity contribution in [1.82, 2.24) is 24.4 Å². The molecule has 1 saturated heterocycles. The van der Waals surface area contributed by atoms with Crippen molar-refractivity contribution in [3.63, 3.8) is 0 Å². The quantitative estimate of drug-likeness (QED) is 0.793. The first-order chi connectivity index (χ1) is 10.2. The van der Waals surface area contributed by atoms with Crippen molar-refractivity contribution in [2.75, 3.05) is 20.2 Å². The second kappa shape index (κ2) is 5.85. The monoisotopic (exact) mass is 309 g/mol. The van der Waals surface area contributed by atoms with Gasteiger partial charge in [0.25, 0.3) is 0 Å². The fourth-order valence-electron chi connectivity index (χ4n) is 2.58. The third kappa shape index (κ3) is 2.53. The van der Waals surface area contributed by atoms with Crippen molar-refractivity contribution >= 4 is 28.7 Å². The summed E-state index contributed by atoms with van der Waals surface area (Å²) in [5.74, 6) is 1.25. The summed E-state index contributed by atoms with van der Waals surface area (Å²) in [6.07, 6.45) is 3.53. The van der Waals surface area contributed by atoms with Crippen molar-refractivity contribution in [3.05, 3.63) is 12.2 Å². The van der Waals surface area contributed by atoms with E-state index in [-0.39, 0.29) is 18.3 Å². The minimum Gasteiger partial charge on any atom is -0.479 e. The summed E-state index contributed by atoms with van der Waals surface area (Å²) in [6, 6.07) is 0. The van der Waals surface area contributed by atoms with Gasteiger partial charge in [0.1, 0.15) is 18.7 Å². The first kappa shape index (κ1) is 14.1. The van der Waals surface area contributed by atoms with Crippen LogP contribution in [0.2, 0.25) is 0 Å². The molecular formula is C13H16ClN5O2. The van der Waals surface area contributed by atoms with Gasteiger partial charge in [0.2, 0.25) is 11.8 Å². The molecule has 1 fully saturated rings. The number of carbonyl (C=O) groups excluding carboxylic acids is 1. The molecule has 21 heavy (non-hydrogen) atoms. The van der Waals surface area contributed by atoms with E-state index in [1.807, 2.05) is 4.90 Å².